The van der Waals surface area contributed by atoms with Crippen LogP contribution >= 0.6 is 23.2 Å². The van der Waals surface area contributed by atoms with E-state index in [1.807, 2.05) is 0 Å². The summed E-state index contributed by atoms with van der Waals surface area (Å²) in [5, 5.41) is 0.834. The Morgan fingerprint density at radius 3 is 1.22 bits per heavy atom. The molecule has 0 heterocycles. The molecule has 2 aliphatic rings. The predicted octanol–water partition coefficient (Wildman–Crippen LogP) is 12.9. The molecule has 4 aromatic carbocycles. The summed E-state index contributed by atoms with van der Waals surface area (Å²) < 4.78 is 68.0. The minimum absolute atomic E-state index is 0.119. The molecule has 0 spiro atoms. The number of halogens is 6. The van der Waals surface area contributed by atoms with Gasteiger partial charge in [-0.3, -0.25) is 0 Å². The number of hydrogen-bond acceptors (Lipinski definition) is 2. The third-order valence-corrected chi connectivity index (χ3v) is 20.2. The molecule has 4 aromatic rings. The first kappa shape index (κ1) is 44.3. The van der Waals surface area contributed by atoms with E-state index in [0.29, 0.717) is 22.9 Å². The first-order chi connectivity index (χ1) is 28.5. The van der Waals surface area contributed by atoms with Gasteiger partial charge >= 0.3 is 360 Å². The number of nitrogens with zero attached hydrogens (tertiary/aromatic N) is 2. The fourth-order valence-electron chi connectivity index (χ4n) is 8.30. The number of benzene rings is 4. The van der Waals surface area contributed by atoms with Crippen LogP contribution in [0.15, 0.2) is 121 Å². The van der Waals surface area contributed by atoms with Crippen LogP contribution in [0.5, 0.6) is 0 Å². The van der Waals surface area contributed by atoms with E-state index in [9.17, 15) is 9.59 Å². The van der Waals surface area contributed by atoms with Crippen molar-refractivity contribution in [1.29, 1.82) is 0 Å². The van der Waals surface area contributed by atoms with Gasteiger partial charge in [-0.15, -0.1) is 0 Å². The number of carbonyl (C=O) groups is 2. The quantitative estimate of drug-likeness (QED) is 0.0568. The van der Waals surface area contributed by atoms with Crippen molar-refractivity contribution in [1.82, 2.24) is 0 Å². The molecule has 11 heteroatoms. The average molecular weight is 880 g/mol. The third kappa shape index (κ3) is 9.42. The van der Waals surface area contributed by atoms with Crippen molar-refractivity contribution < 1.29 is 43.7 Å². The van der Waals surface area contributed by atoms with Gasteiger partial charge in [0.1, 0.15) is 0 Å². The third-order valence-electron chi connectivity index (χ3n) is 11.2. The Bertz CT molecular complexity index is 2080. The molecule has 0 aliphatic heterocycles. The molecule has 4 nitrogen and oxygen atoms in total. The number of allylic oxidation sites excluding steroid dienone is 8. The van der Waals surface area contributed by atoms with Crippen LogP contribution in [0.1, 0.15) is 85.9 Å². The van der Waals surface area contributed by atoms with Gasteiger partial charge in [0.15, 0.2) is 0 Å². The van der Waals surface area contributed by atoms with Crippen molar-refractivity contribution in [2.45, 2.75) is 73.7 Å². The van der Waals surface area contributed by atoms with Crippen LogP contribution in [0.4, 0.5) is 28.9 Å². The van der Waals surface area contributed by atoms with E-state index in [-0.39, 0.29) is 35.6 Å². The SMILES string of the molecule is CCCCCCN(C(=O)c1ccc(Cl)cc1)c1ccc(F)[c]([Ti]([c]2c(F)ccc(N(CCCCCC)C(=O)c3ccc(Cl)cc3)c2F)([CH]2C=CC=C2)[CH]2C=CC=C2)c1F. The van der Waals surface area contributed by atoms with Gasteiger partial charge in [-0.05, 0) is 0 Å². The maximum absolute atomic E-state index is 18.1. The van der Waals surface area contributed by atoms with Crippen LogP contribution < -0.4 is 17.5 Å². The molecular formula is C48H48Cl2F4N2O2Ti. The average Bonchev–Trinajstić information content (AvgIpc) is 3.98. The van der Waals surface area contributed by atoms with E-state index in [1.54, 1.807) is 97.1 Å². The summed E-state index contributed by atoms with van der Waals surface area (Å²) in [6.45, 7) is 4.35. The first-order valence-corrected chi connectivity index (χ1v) is 24.5. The zero-order chi connectivity index (χ0) is 42.1. The Kier molecular flexibility index (Phi) is 15.3. The summed E-state index contributed by atoms with van der Waals surface area (Å²) in [4.78, 5) is 31.2. The molecule has 0 atom stereocenters. The molecule has 0 bridgehead atoms. The standard InChI is InChI=1S/2C19H19ClF2NO.2C5H5.Ti/c2*1-2-3-4-5-12-23(18-11-10-16(21)13-17(18)22)19(24)14-6-8-15(20)9-7-14;2*1-2-4-5-3-1;/h2*6-11H,2-5,12H2,1H3;2*1-5H;. The van der Waals surface area contributed by atoms with Gasteiger partial charge in [-0.1, -0.05) is 0 Å². The van der Waals surface area contributed by atoms with E-state index in [2.05, 4.69) is 13.8 Å². The van der Waals surface area contributed by atoms with E-state index >= 15 is 17.6 Å². The second-order valence-corrected chi connectivity index (χ2v) is 22.3. The fraction of sp³-hybridized carbons (Fsp3) is 0.292. The van der Waals surface area contributed by atoms with E-state index in [1.165, 1.54) is 21.9 Å². The molecule has 0 fully saturated rings. The molecule has 2 amide bonds. The molecule has 0 radical (unpaired) electrons. The zero-order valence-corrected chi connectivity index (χ0v) is 36.3. The van der Waals surface area contributed by atoms with E-state index in [0.717, 1.165) is 50.7 Å². The number of amides is 2. The second kappa shape index (κ2) is 20.4. The monoisotopic (exact) mass is 878 g/mol. The topological polar surface area (TPSA) is 40.6 Å². The zero-order valence-electron chi connectivity index (χ0n) is 33.3. The number of carbonyl (C=O) groups excluding carboxylic acids is 2. The summed E-state index contributed by atoms with van der Waals surface area (Å²) in [5.41, 5.74) is 0.135. The summed E-state index contributed by atoms with van der Waals surface area (Å²) in [5.74, 6) is -5.04. The van der Waals surface area contributed by atoms with Gasteiger partial charge in [-0.25, -0.2) is 0 Å². The second-order valence-electron chi connectivity index (χ2n) is 15.0. The number of unbranched alkanes of at least 4 members (excludes halogenated alkanes) is 6. The first-order valence-electron chi connectivity index (χ1n) is 20.4. The summed E-state index contributed by atoms with van der Waals surface area (Å²) in [6.07, 6.45) is 20.1. The van der Waals surface area contributed by atoms with E-state index in [4.69, 9.17) is 23.2 Å². The molecule has 6 rings (SSSR count). The van der Waals surface area contributed by atoms with Crippen molar-refractivity contribution in [3.63, 3.8) is 0 Å². The number of anilines is 2. The van der Waals surface area contributed by atoms with E-state index < -0.39 is 67.9 Å². The van der Waals surface area contributed by atoms with Gasteiger partial charge in [0.05, 0.1) is 0 Å². The minimum atomic E-state index is -5.33. The molecule has 0 saturated carbocycles. The Morgan fingerprint density at radius 1 is 0.525 bits per heavy atom. The van der Waals surface area contributed by atoms with Crippen LogP contribution in [0.25, 0.3) is 0 Å². The Hall–Kier alpha value is -4.21. The van der Waals surface area contributed by atoms with Gasteiger partial charge in [0, 0.05) is 0 Å². The molecule has 0 N–H and O–H groups in total. The van der Waals surface area contributed by atoms with Crippen molar-refractivity contribution in [3.05, 3.63) is 166 Å². The Morgan fingerprint density at radius 2 is 0.881 bits per heavy atom. The molecule has 308 valence electrons. The van der Waals surface area contributed by atoms with Crippen molar-refractivity contribution in [2.75, 3.05) is 22.9 Å². The Labute approximate surface area is 358 Å². The summed E-state index contributed by atoms with van der Waals surface area (Å²) in [7, 11) is 0. The number of rotatable bonds is 18. The molecule has 2 aliphatic carbocycles. The van der Waals surface area contributed by atoms with Gasteiger partial charge in [0.25, 0.3) is 0 Å². The molecule has 0 aromatic heterocycles. The van der Waals surface area contributed by atoms with Gasteiger partial charge in [0.2, 0.25) is 0 Å². The predicted molar refractivity (Wildman–Crippen MR) is 231 cm³/mol. The van der Waals surface area contributed by atoms with Gasteiger partial charge < -0.3 is 0 Å². The molecule has 0 saturated heterocycles. The van der Waals surface area contributed by atoms with Crippen LogP contribution in [0.2, 0.25) is 18.5 Å². The molecule has 59 heavy (non-hydrogen) atoms. The van der Waals surface area contributed by atoms with Gasteiger partial charge in [-0.2, -0.15) is 0 Å². The maximum atomic E-state index is 18.1. The molecule has 0 unspecified atom stereocenters. The Balaban J connectivity index is 1.61. The molecular weight excluding hydrogens is 831 g/mol. The summed E-state index contributed by atoms with van der Waals surface area (Å²) >= 11 is 6.96. The van der Waals surface area contributed by atoms with Crippen molar-refractivity contribution in [2.24, 2.45) is 0 Å². The number of hydrogen-bond donors (Lipinski definition) is 0. The normalized spacial score (nSPS) is 13.8. The van der Waals surface area contributed by atoms with Crippen LogP contribution in [-0.2, 0) is 16.6 Å². The van der Waals surface area contributed by atoms with Crippen LogP contribution in [0.3, 0.4) is 0 Å². The van der Waals surface area contributed by atoms with Crippen LogP contribution in [0, 0.1) is 23.3 Å². The fourth-order valence-corrected chi connectivity index (χ4v) is 17.3. The van der Waals surface area contributed by atoms with Crippen LogP contribution in [-0.4, -0.2) is 24.9 Å². The summed E-state index contributed by atoms with van der Waals surface area (Å²) in [6, 6.07) is 17.1. The van der Waals surface area contributed by atoms with Crippen molar-refractivity contribution in [3.8, 4) is 0 Å². The van der Waals surface area contributed by atoms with Crippen molar-refractivity contribution >= 4 is 54.1 Å².